The molecule has 0 heterocycles. The van der Waals surface area contributed by atoms with Crippen LogP contribution in [-0.2, 0) is 9.84 Å². The van der Waals surface area contributed by atoms with Crippen LogP contribution in [0, 0.1) is 18.8 Å². The maximum atomic E-state index is 13.1. The van der Waals surface area contributed by atoms with Gasteiger partial charge in [0.1, 0.15) is 0 Å². The molecule has 0 N–H and O–H groups in total. The van der Waals surface area contributed by atoms with E-state index in [1.165, 1.54) is 0 Å². The Kier molecular flexibility index (Phi) is 3.78. The van der Waals surface area contributed by atoms with E-state index in [0.29, 0.717) is 4.90 Å². The van der Waals surface area contributed by atoms with Gasteiger partial charge < -0.3 is 0 Å². The topological polar surface area (TPSA) is 34.1 Å². The normalized spacial score (nSPS) is 28.8. The number of allylic oxidation sites excluding steroid dienone is 3. The van der Waals surface area contributed by atoms with Crippen molar-refractivity contribution in [3.05, 3.63) is 54.1 Å². The Morgan fingerprint density at radius 2 is 1.86 bits per heavy atom. The molecule has 1 aromatic carbocycles. The van der Waals surface area contributed by atoms with Gasteiger partial charge in [0, 0.05) is 5.92 Å². The Morgan fingerprint density at radius 3 is 2.52 bits per heavy atom. The summed E-state index contributed by atoms with van der Waals surface area (Å²) in [6.45, 7) is 5.86. The monoisotopic (exact) mass is 302 g/mol. The van der Waals surface area contributed by atoms with E-state index >= 15 is 0 Å². The Balaban J connectivity index is 2.04. The van der Waals surface area contributed by atoms with Crippen LogP contribution in [0.1, 0.15) is 31.2 Å². The van der Waals surface area contributed by atoms with Crippen LogP contribution in [0.15, 0.2) is 53.5 Å². The fraction of sp³-hybridized carbons (Fsp3) is 0.444. The largest absolute Gasteiger partial charge is 0.223 e. The van der Waals surface area contributed by atoms with Crippen molar-refractivity contribution in [2.24, 2.45) is 11.8 Å². The summed E-state index contributed by atoms with van der Waals surface area (Å²) in [5.41, 5.74) is 2.22. The van der Waals surface area contributed by atoms with Gasteiger partial charge in [-0.25, -0.2) is 8.42 Å². The van der Waals surface area contributed by atoms with E-state index in [2.05, 4.69) is 12.7 Å². The highest BCUT2D eigenvalue weighted by atomic mass is 32.2. The maximum Gasteiger partial charge on any atom is 0.182 e. The van der Waals surface area contributed by atoms with Crippen molar-refractivity contribution in [3.63, 3.8) is 0 Å². The van der Waals surface area contributed by atoms with Gasteiger partial charge in [-0.2, -0.15) is 0 Å². The number of fused-ring (bicyclic) bond motifs is 2. The van der Waals surface area contributed by atoms with E-state index in [-0.39, 0.29) is 17.1 Å². The van der Waals surface area contributed by atoms with Crippen LogP contribution in [0.4, 0.5) is 0 Å². The van der Waals surface area contributed by atoms with Gasteiger partial charge in [-0.1, -0.05) is 36.4 Å². The average molecular weight is 302 g/mol. The lowest BCUT2D eigenvalue weighted by molar-refractivity contribution is 0.482. The van der Waals surface area contributed by atoms with E-state index in [1.807, 2.05) is 25.1 Å². The Bertz CT molecular complexity index is 668. The first-order chi connectivity index (χ1) is 10.0. The molecule has 2 aliphatic rings. The summed E-state index contributed by atoms with van der Waals surface area (Å²) < 4.78 is 26.2. The van der Waals surface area contributed by atoms with Crippen LogP contribution in [0.25, 0.3) is 0 Å². The van der Waals surface area contributed by atoms with Crippen molar-refractivity contribution in [2.45, 2.75) is 42.8 Å². The zero-order valence-electron chi connectivity index (χ0n) is 12.5. The molecule has 0 aromatic heterocycles. The fourth-order valence-electron chi connectivity index (χ4n) is 3.92. The molecule has 3 atom stereocenters. The number of aryl methyl sites for hydroxylation is 1. The SMILES string of the molecule is C=CC1=CCC[C@H]2CC[C@@H]1C2S(=O)(=O)c1ccc(C)cc1. The van der Waals surface area contributed by atoms with E-state index in [4.69, 9.17) is 0 Å². The van der Waals surface area contributed by atoms with Gasteiger partial charge in [0.2, 0.25) is 0 Å². The van der Waals surface area contributed by atoms with Crippen LogP contribution in [0.2, 0.25) is 0 Å². The molecule has 0 aliphatic heterocycles. The quantitative estimate of drug-likeness (QED) is 0.843. The zero-order chi connectivity index (χ0) is 15.0. The van der Waals surface area contributed by atoms with Gasteiger partial charge in [0.05, 0.1) is 10.1 Å². The number of rotatable bonds is 3. The van der Waals surface area contributed by atoms with Crippen LogP contribution >= 0.6 is 0 Å². The first-order valence-corrected chi connectivity index (χ1v) is 9.21. The third-order valence-corrected chi connectivity index (χ3v) is 7.36. The minimum absolute atomic E-state index is 0.126. The molecule has 0 radical (unpaired) electrons. The second kappa shape index (κ2) is 5.45. The third-order valence-electron chi connectivity index (χ3n) is 5.00. The average Bonchev–Trinajstić information content (AvgIpc) is 2.77. The first-order valence-electron chi connectivity index (χ1n) is 7.67. The fourth-order valence-corrected chi connectivity index (χ4v) is 6.25. The van der Waals surface area contributed by atoms with Gasteiger partial charge in [-0.15, -0.1) is 0 Å². The minimum atomic E-state index is -3.27. The van der Waals surface area contributed by atoms with Crippen molar-refractivity contribution >= 4 is 9.84 Å². The highest BCUT2D eigenvalue weighted by molar-refractivity contribution is 7.92. The molecule has 0 spiro atoms. The molecule has 2 nitrogen and oxygen atoms in total. The number of hydrogen-bond acceptors (Lipinski definition) is 2. The first kappa shape index (κ1) is 14.6. The Morgan fingerprint density at radius 1 is 1.14 bits per heavy atom. The highest BCUT2D eigenvalue weighted by Crippen LogP contribution is 2.46. The van der Waals surface area contributed by atoms with Gasteiger partial charge in [-0.05, 0) is 56.2 Å². The summed E-state index contributed by atoms with van der Waals surface area (Å²) >= 11 is 0. The molecule has 112 valence electrons. The second-order valence-corrected chi connectivity index (χ2v) is 8.36. The molecule has 1 aromatic rings. The summed E-state index contributed by atoms with van der Waals surface area (Å²) in [7, 11) is -3.27. The zero-order valence-corrected chi connectivity index (χ0v) is 13.3. The maximum absolute atomic E-state index is 13.1. The van der Waals surface area contributed by atoms with Crippen molar-refractivity contribution in [1.29, 1.82) is 0 Å². The molecular weight excluding hydrogens is 280 g/mol. The van der Waals surface area contributed by atoms with Gasteiger partial charge in [0.15, 0.2) is 9.84 Å². The van der Waals surface area contributed by atoms with E-state index in [1.54, 1.807) is 12.1 Å². The van der Waals surface area contributed by atoms with Crippen molar-refractivity contribution in [1.82, 2.24) is 0 Å². The summed E-state index contributed by atoms with van der Waals surface area (Å²) in [4.78, 5) is 0.473. The molecule has 3 rings (SSSR count). The molecule has 0 amide bonds. The molecule has 1 fully saturated rings. The summed E-state index contributed by atoms with van der Waals surface area (Å²) in [5, 5.41) is -0.271. The van der Waals surface area contributed by atoms with Gasteiger partial charge in [-0.3, -0.25) is 0 Å². The molecule has 1 saturated carbocycles. The number of benzene rings is 1. The Labute approximate surface area is 127 Å². The Hall–Kier alpha value is -1.35. The summed E-state index contributed by atoms with van der Waals surface area (Å²) in [6.07, 6.45) is 7.99. The van der Waals surface area contributed by atoms with Crippen molar-refractivity contribution < 1.29 is 8.42 Å². The summed E-state index contributed by atoms with van der Waals surface area (Å²) in [6, 6.07) is 7.28. The van der Waals surface area contributed by atoms with E-state index < -0.39 is 9.84 Å². The molecule has 2 aliphatic carbocycles. The molecule has 0 saturated heterocycles. The lowest BCUT2D eigenvalue weighted by atomic mass is 9.97. The minimum Gasteiger partial charge on any atom is -0.223 e. The smallest absolute Gasteiger partial charge is 0.182 e. The molecule has 1 unspecified atom stereocenters. The predicted molar refractivity (Wildman–Crippen MR) is 85.9 cm³/mol. The lowest BCUT2D eigenvalue weighted by Crippen LogP contribution is -2.31. The molecule has 21 heavy (non-hydrogen) atoms. The highest BCUT2D eigenvalue weighted by Gasteiger charge is 2.46. The van der Waals surface area contributed by atoms with Crippen molar-refractivity contribution in [3.8, 4) is 0 Å². The van der Waals surface area contributed by atoms with Crippen molar-refractivity contribution in [2.75, 3.05) is 0 Å². The molecule has 2 bridgehead atoms. The van der Waals surface area contributed by atoms with E-state index in [0.717, 1.165) is 36.8 Å². The third kappa shape index (κ3) is 2.48. The molecule has 3 heteroatoms. The van der Waals surface area contributed by atoms with Crippen LogP contribution in [0.5, 0.6) is 0 Å². The van der Waals surface area contributed by atoms with Crippen LogP contribution in [0.3, 0.4) is 0 Å². The lowest BCUT2D eigenvalue weighted by Gasteiger charge is -2.24. The number of hydrogen-bond donors (Lipinski definition) is 0. The molecular formula is C18H22O2S. The van der Waals surface area contributed by atoms with Gasteiger partial charge >= 0.3 is 0 Å². The van der Waals surface area contributed by atoms with E-state index in [9.17, 15) is 8.42 Å². The number of sulfone groups is 1. The predicted octanol–water partition coefficient (Wildman–Crippen LogP) is 4.07. The van der Waals surface area contributed by atoms with Crippen LogP contribution in [-0.4, -0.2) is 13.7 Å². The van der Waals surface area contributed by atoms with Gasteiger partial charge in [0.25, 0.3) is 0 Å². The standard InChI is InChI=1S/C18H22O2S/c1-3-14-5-4-6-15-9-12-17(14)18(15)21(19,20)16-10-7-13(2)8-11-16/h3,5,7-8,10-11,15,17-18H,1,4,6,9,12H2,2H3/t15-,17-,18?/m0/s1. The summed E-state index contributed by atoms with van der Waals surface area (Å²) in [5.74, 6) is 0.413. The second-order valence-electron chi connectivity index (χ2n) is 6.25. The van der Waals surface area contributed by atoms with Crippen LogP contribution < -0.4 is 0 Å².